The molecule has 0 saturated carbocycles. The molecule has 5 aromatic rings. The van der Waals surface area contributed by atoms with Crippen molar-refractivity contribution in [2.24, 2.45) is 12.8 Å². The normalized spacial score (nSPS) is 12.4. The van der Waals surface area contributed by atoms with Crippen LogP contribution in [-0.2, 0) is 20.0 Å². The van der Waals surface area contributed by atoms with Crippen LogP contribution in [0.1, 0.15) is 41.5 Å². The Labute approximate surface area is 209 Å². The van der Waals surface area contributed by atoms with Gasteiger partial charge in [-0.05, 0) is 60.9 Å². The Hall–Kier alpha value is -4.04. The van der Waals surface area contributed by atoms with Gasteiger partial charge in [-0.25, -0.2) is 4.98 Å². The zero-order chi connectivity index (χ0) is 25.1. The van der Waals surface area contributed by atoms with Crippen molar-refractivity contribution < 1.29 is 14.6 Å². The number of nitrogens with two attached hydrogens (primary N) is 1. The van der Waals surface area contributed by atoms with Gasteiger partial charge in [0.25, 0.3) is 5.91 Å². The molecule has 3 heterocycles. The van der Waals surface area contributed by atoms with E-state index in [0.717, 1.165) is 42.5 Å². The van der Waals surface area contributed by atoms with E-state index < -0.39 is 12.1 Å². The largest absolute Gasteiger partial charge is 0.494 e. The third-order valence-corrected chi connectivity index (χ3v) is 6.64. The summed E-state index contributed by atoms with van der Waals surface area (Å²) in [6, 6.07) is 16.8. The highest BCUT2D eigenvalue weighted by atomic mass is 16.5. The van der Waals surface area contributed by atoms with Crippen molar-refractivity contribution in [1.29, 1.82) is 0 Å². The van der Waals surface area contributed by atoms with Crippen LogP contribution in [0.15, 0.2) is 73.4 Å². The molecule has 8 heteroatoms. The summed E-state index contributed by atoms with van der Waals surface area (Å²) < 4.78 is 12.0. The van der Waals surface area contributed by atoms with Crippen LogP contribution in [-0.4, -0.2) is 36.3 Å². The summed E-state index contributed by atoms with van der Waals surface area (Å²) in [5, 5.41) is 12.9. The van der Waals surface area contributed by atoms with Crippen molar-refractivity contribution in [3.8, 4) is 5.75 Å². The minimum absolute atomic E-state index is 0.148. The van der Waals surface area contributed by atoms with Crippen molar-refractivity contribution in [2.45, 2.75) is 38.5 Å². The molecule has 3 N–H and O–H groups in total. The van der Waals surface area contributed by atoms with Crippen LogP contribution in [0.3, 0.4) is 0 Å². The van der Waals surface area contributed by atoms with Gasteiger partial charge in [0, 0.05) is 49.2 Å². The zero-order valence-corrected chi connectivity index (χ0v) is 20.4. The van der Waals surface area contributed by atoms with E-state index in [1.54, 1.807) is 0 Å². The van der Waals surface area contributed by atoms with E-state index in [-0.39, 0.29) is 5.69 Å². The van der Waals surface area contributed by atoms with Gasteiger partial charge in [-0.15, -0.1) is 0 Å². The lowest BCUT2D eigenvalue weighted by Gasteiger charge is -2.13. The number of ether oxygens (including phenoxy) is 1. The first-order chi connectivity index (χ1) is 17.5. The van der Waals surface area contributed by atoms with E-state index in [1.165, 1.54) is 33.6 Å². The maximum Gasteiger partial charge on any atom is 0.268 e. The van der Waals surface area contributed by atoms with Gasteiger partial charge in [-0.1, -0.05) is 18.2 Å². The number of carbonyl (C=O) groups excluding carboxylic acids is 1. The molecule has 0 spiro atoms. The molecule has 8 nitrogen and oxygen atoms in total. The summed E-state index contributed by atoms with van der Waals surface area (Å²) in [6.07, 6.45) is 9.61. The van der Waals surface area contributed by atoms with E-state index in [2.05, 4.69) is 76.0 Å². The van der Waals surface area contributed by atoms with Crippen molar-refractivity contribution in [3.63, 3.8) is 0 Å². The smallest absolute Gasteiger partial charge is 0.268 e. The fourth-order valence-corrected chi connectivity index (χ4v) is 4.75. The van der Waals surface area contributed by atoms with Crippen molar-refractivity contribution >= 4 is 27.7 Å². The number of imidazole rings is 1. The number of hydrogen-bond acceptors (Lipinski definition) is 4. The molecule has 0 bridgehead atoms. The van der Waals surface area contributed by atoms with E-state index in [4.69, 9.17) is 10.5 Å². The number of rotatable bonds is 11. The molecule has 0 aliphatic carbocycles. The van der Waals surface area contributed by atoms with Crippen LogP contribution in [0.25, 0.3) is 21.8 Å². The average molecular weight is 486 g/mol. The highest BCUT2D eigenvalue weighted by molar-refractivity contribution is 5.90. The van der Waals surface area contributed by atoms with Crippen LogP contribution in [0, 0.1) is 0 Å². The standard InChI is InChI=1S/C28H31N5O3/c1-31-17-21(23-7-2-3-8-25(23)31)6-5-15-36-22-11-10-20-12-14-32(26(20)16-22)13-4-9-27(34)33-18-24(28(29)35)30-19-33/h2-3,7-8,10-12,14,16-19,27,34H,4-6,9,13,15H2,1H3,(H2,29,35). The number of hydrogen-bond donors (Lipinski definition) is 2. The maximum atomic E-state index is 11.2. The summed E-state index contributed by atoms with van der Waals surface area (Å²) >= 11 is 0. The Bertz CT molecular complexity index is 1500. The lowest BCUT2D eigenvalue weighted by Crippen LogP contribution is -2.12. The fraction of sp³-hybridized carbons (Fsp3) is 0.286. The number of fused-ring (bicyclic) bond motifs is 2. The monoisotopic (exact) mass is 485 g/mol. The number of aliphatic hydroxyl groups excluding tert-OH is 1. The Morgan fingerprint density at radius 1 is 1.11 bits per heavy atom. The van der Waals surface area contributed by atoms with Gasteiger partial charge >= 0.3 is 0 Å². The molecule has 0 aliphatic heterocycles. The number of aryl methyl sites for hydroxylation is 3. The number of aliphatic hydroxyl groups is 1. The van der Waals surface area contributed by atoms with E-state index in [0.29, 0.717) is 13.0 Å². The molecule has 0 fully saturated rings. The highest BCUT2D eigenvalue weighted by Crippen LogP contribution is 2.24. The van der Waals surface area contributed by atoms with Crippen LogP contribution in [0.5, 0.6) is 5.75 Å². The SMILES string of the molecule is Cn1cc(CCCOc2ccc3ccn(CCCC(O)n4cnc(C(N)=O)c4)c3c2)c2ccccc21. The third kappa shape index (κ3) is 4.99. The first-order valence-electron chi connectivity index (χ1n) is 12.3. The first-order valence-corrected chi connectivity index (χ1v) is 12.3. The average Bonchev–Trinajstić information content (AvgIpc) is 3.60. The van der Waals surface area contributed by atoms with Gasteiger partial charge < -0.3 is 29.3 Å². The molecule has 0 aliphatic rings. The Morgan fingerprint density at radius 3 is 2.81 bits per heavy atom. The zero-order valence-electron chi connectivity index (χ0n) is 20.4. The molecule has 1 unspecified atom stereocenters. The number of primary amides is 1. The minimum Gasteiger partial charge on any atom is -0.494 e. The van der Waals surface area contributed by atoms with Gasteiger partial charge in [0.15, 0.2) is 0 Å². The highest BCUT2D eigenvalue weighted by Gasteiger charge is 2.11. The van der Waals surface area contributed by atoms with Gasteiger partial charge in [0.1, 0.15) is 17.7 Å². The van der Waals surface area contributed by atoms with Crippen LogP contribution >= 0.6 is 0 Å². The second kappa shape index (κ2) is 10.3. The number of carbonyl (C=O) groups is 1. The Balaban J connectivity index is 1.15. The van der Waals surface area contributed by atoms with Gasteiger partial charge in [0.2, 0.25) is 0 Å². The Kier molecular flexibility index (Phi) is 6.77. The molecule has 0 saturated heterocycles. The number of para-hydroxylation sites is 1. The molecule has 1 atom stereocenters. The molecular weight excluding hydrogens is 454 g/mol. The van der Waals surface area contributed by atoms with Crippen molar-refractivity contribution in [1.82, 2.24) is 18.7 Å². The fourth-order valence-electron chi connectivity index (χ4n) is 4.75. The summed E-state index contributed by atoms with van der Waals surface area (Å²) in [7, 11) is 2.09. The maximum absolute atomic E-state index is 11.2. The third-order valence-electron chi connectivity index (χ3n) is 6.64. The topological polar surface area (TPSA) is 100 Å². The molecule has 1 amide bonds. The molecule has 186 valence electrons. The predicted octanol–water partition coefficient (Wildman–Crippen LogP) is 4.41. The van der Waals surface area contributed by atoms with E-state index in [1.807, 2.05) is 6.07 Å². The second-order valence-electron chi connectivity index (χ2n) is 9.16. The summed E-state index contributed by atoms with van der Waals surface area (Å²) in [5.41, 5.74) is 9.09. The van der Waals surface area contributed by atoms with Crippen molar-refractivity contribution in [2.75, 3.05) is 6.61 Å². The summed E-state index contributed by atoms with van der Waals surface area (Å²) in [6.45, 7) is 1.41. The molecule has 36 heavy (non-hydrogen) atoms. The van der Waals surface area contributed by atoms with Gasteiger partial charge in [-0.2, -0.15) is 0 Å². The molecule has 5 rings (SSSR count). The minimum atomic E-state index is -0.756. The number of amides is 1. The van der Waals surface area contributed by atoms with Crippen molar-refractivity contribution in [3.05, 3.63) is 84.7 Å². The lowest BCUT2D eigenvalue weighted by molar-refractivity contribution is 0.0905. The van der Waals surface area contributed by atoms with E-state index in [9.17, 15) is 9.90 Å². The lowest BCUT2D eigenvalue weighted by atomic mass is 10.1. The first kappa shape index (κ1) is 23.7. The predicted molar refractivity (Wildman–Crippen MR) is 140 cm³/mol. The van der Waals surface area contributed by atoms with Crippen LogP contribution in [0.2, 0.25) is 0 Å². The quantitative estimate of drug-likeness (QED) is 0.271. The number of nitrogens with zero attached hydrogens (tertiary/aromatic N) is 4. The summed E-state index contributed by atoms with van der Waals surface area (Å²) in [5.74, 6) is 0.254. The Morgan fingerprint density at radius 2 is 1.97 bits per heavy atom. The molecular formula is C28H31N5O3. The molecule has 0 radical (unpaired) electrons. The molecule has 2 aromatic carbocycles. The number of benzene rings is 2. The number of aromatic nitrogens is 4. The van der Waals surface area contributed by atoms with Gasteiger partial charge in [0.05, 0.1) is 18.5 Å². The van der Waals surface area contributed by atoms with Crippen LogP contribution in [0.4, 0.5) is 0 Å². The van der Waals surface area contributed by atoms with E-state index >= 15 is 0 Å². The summed E-state index contributed by atoms with van der Waals surface area (Å²) in [4.78, 5) is 15.1. The molecule has 3 aromatic heterocycles. The van der Waals surface area contributed by atoms with Crippen LogP contribution < -0.4 is 10.5 Å². The second-order valence-corrected chi connectivity index (χ2v) is 9.16. The van der Waals surface area contributed by atoms with Gasteiger partial charge in [-0.3, -0.25) is 4.79 Å².